The van der Waals surface area contributed by atoms with Crippen LogP contribution < -0.4 is 0 Å². The van der Waals surface area contributed by atoms with E-state index in [0.717, 1.165) is 6.42 Å². The maximum Gasteiger partial charge on any atom is 0.0585 e. The Balaban J connectivity index is 2.53. The van der Waals surface area contributed by atoms with Gasteiger partial charge in [-0.2, -0.15) is 0 Å². The van der Waals surface area contributed by atoms with E-state index >= 15 is 0 Å². The molecule has 1 fully saturated rings. The molecule has 0 aromatic carbocycles. The SMILES string of the molecule is COC1CCC(C(C)(C)C)C(Cl)C1. The van der Waals surface area contributed by atoms with Crippen LogP contribution in [0.3, 0.4) is 0 Å². The first-order valence-electron chi connectivity index (χ1n) is 5.12. The second-order valence-corrected chi connectivity index (χ2v) is 5.72. The van der Waals surface area contributed by atoms with E-state index in [4.69, 9.17) is 16.3 Å². The largest absolute Gasteiger partial charge is 0.381 e. The molecule has 1 nitrogen and oxygen atoms in total. The third-order valence-electron chi connectivity index (χ3n) is 3.17. The number of hydrogen-bond donors (Lipinski definition) is 0. The Labute approximate surface area is 86.8 Å². The zero-order valence-corrected chi connectivity index (χ0v) is 9.90. The highest BCUT2D eigenvalue weighted by atomic mass is 35.5. The first-order valence-corrected chi connectivity index (χ1v) is 5.55. The second kappa shape index (κ2) is 4.18. The van der Waals surface area contributed by atoms with Crippen molar-refractivity contribution < 1.29 is 4.74 Å². The molecule has 0 aromatic heterocycles. The van der Waals surface area contributed by atoms with E-state index in [1.807, 2.05) is 0 Å². The molecule has 1 rings (SSSR count). The quantitative estimate of drug-likeness (QED) is 0.595. The third kappa shape index (κ3) is 2.85. The smallest absolute Gasteiger partial charge is 0.0585 e. The topological polar surface area (TPSA) is 9.23 Å². The van der Waals surface area contributed by atoms with Gasteiger partial charge in [0, 0.05) is 12.5 Å². The van der Waals surface area contributed by atoms with Crippen molar-refractivity contribution in [2.24, 2.45) is 11.3 Å². The van der Waals surface area contributed by atoms with Crippen LogP contribution in [0.5, 0.6) is 0 Å². The van der Waals surface area contributed by atoms with Crippen molar-refractivity contribution in [2.75, 3.05) is 7.11 Å². The van der Waals surface area contributed by atoms with Crippen molar-refractivity contribution in [1.29, 1.82) is 0 Å². The summed E-state index contributed by atoms with van der Waals surface area (Å²) in [5, 5.41) is 0.290. The minimum absolute atomic E-state index is 0.290. The summed E-state index contributed by atoms with van der Waals surface area (Å²) >= 11 is 6.36. The fourth-order valence-electron chi connectivity index (χ4n) is 2.27. The number of hydrogen-bond acceptors (Lipinski definition) is 1. The molecule has 0 bridgehead atoms. The minimum atomic E-state index is 0.290. The summed E-state index contributed by atoms with van der Waals surface area (Å²) in [4.78, 5) is 0. The van der Waals surface area contributed by atoms with Gasteiger partial charge in [-0.05, 0) is 30.6 Å². The van der Waals surface area contributed by atoms with Crippen LogP contribution in [0.15, 0.2) is 0 Å². The molecular formula is C11H21ClO. The number of alkyl halides is 1. The van der Waals surface area contributed by atoms with Crippen molar-refractivity contribution in [3.8, 4) is 0 Å². The van der Waals surface area contributed by atoms with Gasteiger partial charge in [-0.15, -0.1) is 11.6 Å². The molecule has 0 saturated heterocycles. The van der Waals surface area contributed by atoms with E-state index in [1.165, 1.54) is 12.8 Å². The maximum absolute atomic E-state index is 6.36. The molecule has 0 spiro atoms. The molecule has 0 aromatic rings. The van der Waals surface area contributed by atoms with Gasteiger partial charge >= 0.3 is 0 Å². The number of rotatable bonds is 1. The number of methoxy groups -OCH3 is 1. The van der Waals surface area contributed by atoms with Crippen molar-refractivity contribution >= 4 is 11.6 Å². The molecule has 13 heavy (non-hydrogen) atoms. The Bertz CT molecular complexity index is 162. The average molecular weight is 205 g/mol. The highest BCUT2D eigenvalue weighted by Crippen LogP contribution is 2.41. The van der Waals surface area contributed by atoms with Crippen molar-refractivity contribution in [1.82, 2.24) is 0 Å². The van der Waals surface area contributed by atoms with Gasteiger partial charge in [0.25, 0.3) is 0 Å². The van der Waals surface area contributed by atoms with Gasteiger partial charge in [0.15, 0.2) is 0 Å². The van der Waals surface area contributed by atoms with E-state index in [-0.39, 0.29) is 0 Å². The van der Waals surface area contributed by atoms with Crippen LogP contribution in [-0.2, 0) is 4.74 Å². The van der Waals surface area contributed by atoms with Gasteiger partial charge in [-0.3, -0.25) is 0 Å². The summed E-state index contributed by atoms with van der Waals surface area (Å²) in [7, 11) is 1.78. The molecule has 3 atom stereocenters. The van der Waals surface area contributed by atoms with Crippen LogP contribution in [0.2, 0.25) is 0 Å². The minimum Gasteiger partial charge on any atom is -0.381 e. The highest BCUT2D eigenvalue weighted by molar-refractivity contribution is 6.20. The van der Waals surface area contributed by atoms with Gasteiger partial charge in [0.1, 0.15) is 0 Å². The molecule has 78 valence electrons. The molecular weight excluding hydrogens is 184 g/mol. The van der Waals surface area contributed by atoms with E-state index in [9.17, 15) is 0 Å². The first kappa shape index (κ1) is 11.3. The van der Waals surface area contributed by atoms with Crippen LogP contribution in [0.25, 0.3) is 0 Å². The summed E-state index contributed by atoms with van der Waals surface area (Å²) in [6, 6.07) is 0. The maximum atomic E-state index is 6.36. The van der Waals surface area contributed by atoms with Gasteiger partial charge < -0.3 is 4.74 Å². The van der Waals surface area contributed by atoms with Crippen LogP contribution in [0, 0.1) is 11.3 Å². The normalized spacial score (nSPS) is 36.2. The Kier molecular flexibility index (Phi) is 3.64. The Morgan fingerprint density at radius 3 is 2.23 bits per heavy atom. The lowest BCUT2D eigenvalue weighted by molar-refractivity contribution is 0.0380. The molecule has 0 N–H and O–H groups in total. The monoisotopic (exact) mass is 204 g/mol. The van der Waals surface area contributed by atoms with Crippen molar-refractivity contribution in [2.45, 2.75) is 51.5 Å². The molecule has 1 aliphatic carbocycles. The van der Waals surface area contributed by atoms with Crippen LogP contribution in [0.1, 0.15) is 40.0 Å². The molecule has 0 aliphatic heterocycles. The third-order valence-corrected chi connectivity index (χ3v) is 3.65. The molecule has 3 unspecified atom stereocenters. The van der Waals surface area contributed by atoms with Gasteiger partial charge in [-0.25, -0.2) is 0 Å². The van der Waals surface area contributed by atoms with Gasteiger partial charge in [-0.1, -0.05) is 20.8 Å². The fourth-order valence-corrected chi connectivity index (χ4v) is 2.97. The zero-order valence-electron chi connectivity index (χ0n) is 9.14. The van der Waals surface area contributed by atoms with E-state index in [1.54, 1.807) is 7.11 Å². The molecule has 1 saturated carbocycles. The van der Waals surface area contributed by atoms with Crippen molar-refractivity contribution in [3.05, 3.63) is 0 Å². The molecule has 0 amide bonds. The van der Waals surface area contributed by atoms with E-state index in [0.29, 0.717) is 22.8 Å². The Morgan fingerprint density at radius 1 is 1.23 bits per heavy atom. The summed E-state index contributed by atoms with van der Waals surface area (Å²) in [6.45, 7) is 6.83. The summed E-state index contributed by atoms with van der Waals surface area (Å²) in [6.07, 6.45) is 3.78. The lowest BCUT2D eigenvalue weighted by Crippen LogP contribution is -2.36. The van der Waals surface area contributed by atoms with Crippen LogP contribution in [-0.4, -0.2) is 18.6 Å². The molecule has 0 radical (unpaired) electrons. The zero-order chi connectivity index (χ0) is 10.1. The number of halogens is 1. The lowest BCUT2D eigenvalue weighted by atomic mass is 9.71. The standard InChI is InChI=1S/C11H21ClO/c1-11(2,3)9-6-5-8(13-4)7-10(9)12/h8-10H,5-7H2,1-4H3. The lowest BCUT2D eigenvalue weighted by Gasteiger charge is -2.40. The van der Waals surface area contributed by atoms with Crippen LogP contribution in [0.4, 0.5) is 0 Å². The molecule has 0 heterocycles. The molecule has 2 heteroatoms. The average Bonchev–Trinajstić information content (AvgIpc) is 2.01. The predicted molar refractivity (Wildman–Crippen MR) is 57.2 cm³/mol. The van der Waals surface area contributed by atoms with Crippen molar-refractivity contribution in [3.63, 3.8) is 0 Å². The number of ether oxygens (including phenoxy) is 1. The fraction of sp³-hybridized carbons (Fsp3) is 1.00. The second-order valence-electron chi connectivity index (χ2n) is 5.16. The first-order chi connectivity index (χ1) is 5.95. The summed E-state index contributed by atoms with van der Waals surface area (Å²) in [5.74, 6) is 0.639. The van der Waals surface area contributed by atoms with Gasteiger partial charge in [0.05, 0.1) is 6.10 Å². The summed E-state index contributed by atoms with van der Waals surface area (Å²) < 4.78 is 5.34. The highest BCUT2D eigenvalue weighted by Gasteiger charge is 2.36. The summed E-state index contributed by atoms with van der Waals surface area (Å²) in [5.41, 5.74) is 0.338. The predicted octanol–water partition coefficient (Wildman–Crippen LogP) is 3.46. The van der Waals surface area contributed by atoms with Crippen LogP contribution >= 0.6 is 11.6 Å². The van der Waals surface area contributed by atoms with E-state index < -0.39 is 0 Å². The Hall–Kier alpha value is 0.250. The Morgan fingerprint density at radius 2 is 1.85 bits per heavy atom. The van der Waals surface area contributed by atoms with E-state index in [2.05, 4.69) is 20.8 Å². The molecule has 1 aliphatic rings. The van der Waals surface area contributed by atoms with Gasteiger partial charge in [0.2, 0.25) is 0 Å².